The van der Waals surface area contributed by atoms with E-state index in [2.05, 4.69) is 6.58 Å². The average molecular weight is 262 g/mol. The molecule has 0 aromatic carbocycles. The highest BCUT2D eigenvalue weighted by molar-refractivity contribution is 5.91. The van der Waals surface area contributed by atoms with Gasteiger partial charge in [0.05, 0.1) is 6.10 Å². The topological polar surface area (TPSA) is 63.6 Å². The Morgan fingerprint density at radius 1 is 1.53 bits per heavy atom. The molecule has 19 heavy (non-hydrogen) atoms. The number of rotatable bonds is 1. The summed E-state index contributed by atoms with van der Waals surface area (Å²) in [5, 5.41) is 10.1. The summed E-state index contributed by atoms with van der Waals surface area (Å²) in [6.45, 7) is 5.59. The highest BCUT2D eigenvalue weighted by Gasteiger charge is 2.38. The molecule has 1 saturated heterocycles. The standard InChI is InChI=1S/C15H18O4/c1-9-4-3-5-11(8-16)6-14-12(7-13(9)17)10(2)15(18)19-14/h4,6,8,12-14,17H,2-3,5,7H2,1H3/t12-,13?,14?/m0/s1. The zero-order valence-electron chi connectivity index (χ0n) is 11.0. The Kier molecular flexibility index (Phi) is 4.00. The number of ether oxygens (including phenoxy) is 1. The van der Waals surface area contributed by atoms with Crippen molar-refractivity contribution in [3.8, 4) is 0 Å². The number of carbonyl (C=O) groups is 2. The number of aldehydes is 1. The van der Waals surface area contributed by atoms with Crippen LogP contribution in [-0.4, -0.2) is 29.6 Å². The van der Waals surface area contributed by atoms with E-state index in [0.717, 1.165) is 11.9 Å². The smallest absolute Gasteiger partial charge is 0.334 e. The average Bonchev–Trinajstić information content (AvgIpc) is 2.64. The summed E-state index contributed by atoms with van der Waals surface area (Å²) in [5.41, 5.74) is 1.86. The molecule has 1 fully saturated rings. The summed E-state index contributed by atoms with van der Waals surface area (Å²) < 4.78 is 5.22. The third kappa shape index (κ3) is 2.84. The van der Waals surface area contributed by atoms with E-state index in [4.69, 9.17) is 4.74 Å². The van der Waals surface area contributed by atoms with E-state index in [1.807, 2.05) is 13.0 Å². The van der Waals surface area contributed by atoms with Crippen LogP contribution in [-0.2, 0) is 14.3 Å². The lowest BCUT2D eigenvalue weighted by atomic mass is 9.86. The molecule has 4 nitrogen and oxygen atoms in total. The van der Waals surface area contributed by atoms with Crippen LogP contribution in [0.15, 0.2) is 35.5 Å². The van der Waals surface area contributed by atoms with Crippen LogP contribution in [0.3, 0.4) is 0 Å². The number of aliphatic hydroxyl groups excluding tert-OH is 1. The Labute approximate surface area is 112 Å². The Balaban J connectivity index is 2.34. The highest BCUT2D eigenvalue weighted by atomic mass is 16.6. The number of fused-ring (bicyclic) bond motifs is 1. The summed E-state index contributed by atoms with van der Waals surface area (Å²) in [4.78, 5) is 22.6. The number of carbonyl (C=O) groups excluding carboxylic acids is 2. The van der Waals surface area contributed by atoms with Crippen LogP contribution in [0, 0.1) is 5.92 Å². The fraction of sp³-hybridized carbons (Fsp3) is 0.467. The number of hydrogen-bond donors (Lipinski definition) is 1. The Morgan fingerprint density at radius 2 is 2.26 bits per heavy atom. The van der Waals surface area contributed by atoms with Gasteiger partial charge in [-0.3, -0.25) is 4.79 Å². The van der Waals surface area contributed by atoms with Crippen LogP contribution >= 0.6 is 0 Å². The third-order valence-corrected chi connectivity index (χ3v) is 3.78. The molecule has 3 atom stereocenters. The van der Waals surface area contributed by atoms with E-state index in [1.54, 1.807) is 6.08 Å². The molecule has 0 radical (unpaired) electrons. The maximum Gasteiger partial charge on any atom is 0.334 e. The maximum absolute atomic E-state index is 11.6. The Bertz CT molecular complexity index is 473. The molecular formula is C15H18O4. The predicted octanol–water partition coefficient (Wildman–Crippen LogP) is 1.70. The second-order valence-corrected chi connectivity index (χ2v) is 5.10. The van der Waals surface area contributed by atoms with Crippen LogP contribution in [0.1, 0.15) is 26.2 Å². The van der Waals surface area contributed by atoms with Gasteiger partial charge in [-0.1, -0.05) is 12.7 Å². The summed E-state index contributed by atoms with van der Waals surface area (Å²) in [7, 11) is 0. The van der Waals surface area contributed by atoms with Crippen molar-refractivity contribution in [3.05, 3.63) is 35.5 Å². The summed E-state index contributed by atoms with van der Waals surface area (Å²) in [5.74, 6) is -0.705. The van der Waals surface area contributed by atoms with E-state index in [9.17, 15) is 14.7 Å². The van der Waals surface area contributed by atoms with Crippen molar-refractivity contribution < 1.29 is 19.4 Å². The van der Waals surface area contributed by atoms with Crippen molar-refractivity contribution >= 4 is 12.3 Å². The minimum Gasteiger partial charge on any atom is -0.454 e. The van der Waals surface area contributed by atoms with Gasteiger partial charge in [-0.05, 0) is 43.4 Å². The van der Waals surface area contributed by atoms with E-state index < -0.39 is 18.2 Å². The number of hydrogen-bond acceptors (Lipinski definition) is 4. The summed E-state index contributed by atoms with van der Waals surface area (Å²) in [6.07, 6.45) is 5.00. The molecule has 0 spiro atoms. The first-order chi connectivity index (χ1) is 9.02. The van der Waals surface area contributed by atoms with Crippen LogP contribution in [0.2, 0.25) is 0 Å². The van der Waals surface area contributed by atoms with Gasteiger partial charge in [-0.25, -0.2) is 4.79 Å². The van der Waals surface area contributed by atoms with E-state index in [1.165, 1.54) is 0 Å². The maximum atomic E-state index is 11.6. The van der Waals surface area contributed by atoms with Crippen molar-refractivity contribution in [1.82, 2.24) is 0 Å². The van der Waals surface area contributed by atoms with Gasteiger partial charge in [0.2, 0.25) is 0 Å². The van der Waals surface area contributed by atoms with Crippen molar-refractivity contribution in [2.24, 2.45) is 5.92 Å². The Hall–Kier alpha value is -1.68. The number of esters is 1. The quantitative estimate of drug-likeness (QED) is 0.338. The van der Waals surface area contributed by atoms with Gasteiger partial charge in [-0.15, -0.1) is 0 Å². The van der Waals surface area contributed by atoms with Gasteiger partial charge in [-0.2, -0.15) is 0 Å². The zero-order chi connectivity index (χ0) is 14.0. The largest absolute Gasteiger partial charge is 0.454 e. The lowest BCUT2D eigenvalue weighted by molar-refractivity contribution is -0.137. The molecule has 1 heterocycles. The SMILES string of the molecule is C=C1C(=O)OC2C=C(C=O)CCC=C(C)C(O)C[C@@H]12. The van der Waals surface area contributed by atoms with Crippen LogP contribution in [0.4, 0.5) is 0 Å². The third-order valence-electron chi connectivity index (χ3n) is 3.78. The molecule has 1 N–H and O–H groups in total. The van der Waals surface area contributed by atoms with Gasteiger partial charge in [0.1, 0.15) is 12.4 Å². The number of allylic oxidation sites excluding steroid dienone is 2. The van der Waals surface area contributed by atoms with Crippen molar-refractivity contribution in [1.29, 1.82) is 0 Å². The molecular weight excluding hydrogens is 244 g/mol. The van der Waals surface area contributed by atoms with Crippen LogP contribution < -0.4 is 0 Å². The molecule has 102 valence electrons. The van der Waals surface area contributed by atoms with E-state index >= 15 is 0 Å². The van der Waals surface area contributed by atoms with Crippen LogP contribution in [0.25, 0.3) is 0 Å². The van der Waals surface area contributed by atoms with Gasteiger partial charge in [0.25, 0.3) is 0 Å². The molecule has 1 aliphatic heterocycles. The van der Waals surface area contributed by atoms with E-state index in [0.29, 0.717) is 30.4 Å². The molecule has 0 saturated carbocycles. The first-order valence-corrected chi connectivity index (χ1v) is 6.43. The predicted molar refractivity (Wildman–Crippen MR) is 70.3 cm³/mol. The minimum absolute atomic E-state index is 0.265. The lowest BCUT2D eigenvalue weighted by Crippen LogP contribution is -2.22. The minimum atomic E-state index is -0.607. The second kappa shape index (κ2) is 5.53. The summed E-state index contributed by atoms with van der Waals surface area (Å²) >= 11 is 0. The fourth-order valence-electron chi connectivity index (χ4n) is 2.48. The molecule has 2 unspecified atom stereocenters. The van der Waals surface area contributed by atoms with Gasteiger partial charge in [0, 0.05) is 11.5 Å². The monoisotopic (exact) mass is 262 g/mol. The van der Waals surface area contributed by atoms with Crippen LogP contribution in [0.5, 0.6) is 0 Å². The van der Waals surface area contributed by atoms with Gasteiger partial charge in [0.15, 0.2) is 0 Å². The molecule has 2 aliphatic rings. The molecule has 1 aliphatic carbocycles. The normalized spacial score (nSPS) is 32.0. The highest BCUT2D eigenvalue weighted by Crippen LogP contribution is 2.34. The Morgan fingerprint density at radius 3 is 2.95 bits per heavy atom. The molecule has 0 bridgehead atoms. The molecule has 0 amide bonds. The molecule has 0 aromatic rings. The molecule has 2 rings (SSSR count). The van der Waals surface area contributed by atoms with Crippen molar-refractivity contribution in [2.45, 2.75) is 38.4 Å². The fourth-order valence-corrected chi connectivity index (χ4v) is 2.48. The van der Waals surface area contributed by atoms with Crippen molar-refractivity contribution in [3.63, 3.8) is 0 Å². The first kappa shape index (κ1) is 13.7. The molecule has 0 aromatic heterocycles. The zero-order valence-corrected chi connectivity index (χ0v) is 11.0. The summed E-state index contributed by atoms with van der Waals surface area (Å²) in [6, 6.07) is 0. The van der Waals surface area contributed by atoms with Gasteiger partial charge >= 0.3 is 5.97 Å². The molecule has 4 heteroatoms. The van der Waals surface area contributed by atoms with Gasteiger partial charge < -0.3 is 9.84 Å². The first-order valence-electron chi connectivity index (χ1n) is 6.43. The lowest BCUT2D eigenvalue weighted by Gasteiger charge is -2.21. The number of aliphatic hydroxyl groups is 1. The second-order valence-electron chi connectivity index (χ2n) is 5.10. The van der Waals surface area contributed by atoms with E-state index in [-0.39, 0.29) is 5.92 Å². The van der Waals surface area contributed by atoms with Crippen molar-refractivity contribution in [2.75, 3.05) is 0 Å².